The second-order valence-corrected chi connectivity index (χ2v) is 10.2. The molecule has 1 aromatic rings. The number of hydrogen-bond donors (Lipinski definition) is 1. The van der Waals surface area contributed by atoms with Crippen molar-refractivity contribution in [1.29, 1.82) is 0 Å². The summed E-state index contributed by atoms with van der Waals surface area (Å²) in [7, 11) is -1.58. The number of hydrogen-bond acceptors (Lipinski definition) is 4. The van der Waals surface area contributed by atoms with E-state index in [9.17, 15) is 18.3 Å². The third-order valence-corrected chi connectivity index (χ3v) is 7.63. The van der Waals surface area contributed by atoms with Gasteiger partial charge in [0.05, 0.1) is 21.7 Å². The van der Waals surface area contributed by atoms with Crippen LogP contribution in [-0.2, 0) is 20.2 Å². The lowest BCUT2D eigenvalue weighted by Crippen LogP contribution is -2.46. The van der Waals surface area contributed by atoms with E-state index in [1.165, 1.54) is 10.6 Å². The summed E-state index contributed by atoms with van der Waals surface area (Å²) >= 11 is 12.0. The molecular weight excluding hydrogens is 411 g/mol. The highest BCUT2D eigenvalue weighted by Crippen LogP contribution is 2.33. The lowest BCUT2D eigenvalue weighted by molar-refractivity contribution is -0.143. The number of carboxylic acids is 1. The van der Waals surface area contributed by atoms with E-state index < -0.39 is 21.4 Å². The number of rotatable bonds is 7. The summed E-state index contributed by atoms with van der Waals surface area (Å²) in [4.78, 5) is 14.2. The van der Waals surface area contributed by atoms with Gasteiger partial charge in [-0.15, -0.1) is 0 Å². The molecule has 0 saturated carbocycles. The Kier molecular flexibility index (Phi) is 7.19. The van der Waals surface area contributed by atoms with Crippen LogP contribution >= 0.6 is 23.2 Å². The summed E-state index contributed by atoms with van der Waals surface area (Å²) in [5.41, 5.74) is -0.453. The fourth-order valence-corrected chi connectivity index (χ4v) is 4.42. The predicted octanol–water partition coefficient (Wildman–Crippen LogP) is 3.08. The van der Waals surface area contributed by atoms with Gasteiger partial charge in [0.15, 0.2) is 0 Å². The topological polar surface area (TPSA) is 77.9 Å². The molecule has 1 aromatic carbocycles. The maximum Gasteiger partial charge on any atom is 0.313 e. The number of piperidine rings is 1. The molecule has 0 spiro atoms. The number of likely N-dealkylation sites (tertiary alicyclic amines) is 1. The first-order valence-corrected chi connectivity index (χ1v) is 11.4. The Balaban J connectivity index is 2.01. The minimum atomic E-state index is -3.20. The Morgan fingerprint density at radius 3 is 2.37 bits per heavy atom. The van der Waals surface area contributed by atoms with Gasteiger partial charge >= 0.3 is 5.97 Å². The van der Waals surface area contributed by atoms with E-state index in [0.717, 1.165) is 25.9 Å². The molecule has 1 N–H and O–H groups in total. The highest BCUT2D eigenvalue weighted by molar-refractivity contribution is 7.88. The molecule has 6 nitrogen and oxygen atoms in total. The molecule has 1 atom stereocenters. The summed E-state index contributed by atoms with van der Waals surface area (Å²) in [6, 6.07) is 4.94. The monoisotopic (exact) mass is 436 g/mol. The summed E-state index contributed by atoms with van der Waals surface area (Å²) in [6.07, 6.45) is 3.11. The largest absolute Gasteiger partial charge is 0.481 e. The second-order valence-electron chi connectivity index (χ2n) is 7.37. The zero-order chi connectivity index (χ0) is 20.4. The van der Waals surface area contributed by atoms with Crippen molar-refractivity contribution in [2.75, 3.05) is 32.9 Å². The Hall–Kier alpha value is -0.860. The highest BCUT2D eigenvalue weighted by Gasteiger charge is 2.36. The van der Waals surface area contributed by atoms with Gasteiger partial charge in [-0.05, 0) is 63.5 Å². The van der Waals surface area contributed by atoms with Crippen LogP contribution in [0.1, 0.15) is 31.7 Å². The zero-order valence-electron chi connectivity index (χ0n) is 15.8. The van der Waals surface area contributed by atoms with Crippen molar-refractivity contribution in [2.24, 2.45) is 0 Å². The molecule has 1 aliphatic rings. The van der Waals surface area contributed by atoms with Gasteiger partial charge in [0.1, 0.15) is 0 Å². The first kappa shape index (κ1) is 22.4. The van der Waals surface area contributed by atoms with Gasteiger partial charge in [0.25, 0.3) is 0 Å². The third-order valence-electron chi connectivity index (χ3n) is 5.55. The molecule has 2 rings (SSSR count). The minimum absolute atomic E-state index is 0.00261. The van der Waals surface area contributed by atoms with Crippen LogP contribution in [0.4, 0.5) is 0 Å². The molecule has 0 amide bonds. The molecule has 1 heterocycles. The van der Waals surface area contributed by atoms with Crippen LogP contribution in [0, 0.1) is 0 Å². The number of sulfonamides is 1. The van der Waals surface area contributed by atoms with Gasteiger partial charge in [-0.3, -0.25) is 4.79 Å². The third kappa shape index (κ3) is 5.35. The number of carboxylic acid groups (broad SMARTS) is 1. The maximum absolute atomic E-state index is 12.0. The summed E-state index contributed by atoms with van der Waals surface area (Å²) in [5.74, 6) is -0.910. The number of benzene rings is 1. The Morgan fingerprint density at radius 2 is 1.89 bits per heavy atom. The van der Waals surface area contributed by atoms with Crippen LogP contribution in [0.3, 0.4) is 0 Å². The Labute approximate surface area is 171 Å². The van der Waals surface area contributed by atoms with Crippen LogP contribution in [-0.4, -0.2) is 67.7 Å². The van der Waals surface area contributed by atoms with Crippen molar-refractivity contribution in [3.63, 3.8) is 0 Å². The summed E-state index contributed by atoms with van der Waals surface area (Å²) in [5, 5.41) is 10.5. The van der Waals surface area contributed by atoms with Crippen molar-refractivity contribution < 1.29 is 18.3 Å². The van der Waals surface area contributed by atoms with E-state index in [4.69, 9.17) is 23.2 Å². The quantitative estimate of drug-likeness (QED) is 0.710. The standard InChI is InChI=1S/C18H26Cl2N2O4S/c1-18(17(23)24,13-4-5-15(19)16(20)12-13)8-11-22-9-6-14(7-10-22)21(2)27(3,25)26/h4-5,12,14H,6-11H2,1-3H3,(H,23,24). The van der Waals surface area contributed by atoms with Crippen molar-refractivity contribution in [1.82, 2.24) is 9.21 Å². The molecule has 1 aliphatic heterocycles. The fourth-order valence-electron chi connectivity index (χ4n) is 3.37. The second kappa shape index (κ2) is 8.66. The molecule has 0 aromatic heterocycles. The molecule has 152 valence electrons. The van der Waals surface area contributed by atoms with Gasteiger partial charge < -0.3 is 10.0 Å². The molecule has 0 aliphatic carbocycles. The van der Waals surface area contributed by atoms with Crippen molar-refractivity contribution in [3.05, 3.63) is 33.8 Å². The number of aliphatic carboxylic acids is 1. The van der Waals surface area contributed by atoms with Crippen molar-refractivity contribution in [3.8, 4) is 0 Å². The Morgan fingerprint density at radius 1 is 1.30 bits per heavy atom. The van der Waals surface area contributed by atoms with Crippen LogP contribution < -0.4 is 0 Å². The van der Waals surface area contributed by atoms with Gasteiger partial charge in [-0.25, -0.2) is 12.7 Å². The first-order valence-electron chi connectivity index (χ1n) is 8.79. The number of nitrogens with zero attached hydrogens (tertiary/aromatic N) is 2. The first-order chi connectivity index (χ1) is 12.4. The van der Waals surface area contributed by atoms with Gasteiger partial charge in [0, 0.05) is 13.1 Å². The van der Waals surface area contributed by atoms with E-state index in [1.54, 1.807) is 32.2 Å². The normalized spacial score (nSPS) is 19.2. The lowest BCUT2D eigenvalue weighted by Gasteiger charge is -2.37. The van der Waals surface area contributed by atoms with E-state index >= 15 is 0 Å². The van der Waals surface area contributed by atoms with E-state index in [-0.39, 0.29) is 6.04 Å². The summed E-state index contributed by atoms with van der Waals surface area (Å²) in [6.45, 7) is 3.78. The van der Waals surface area contributed by atoms with Gasteiger partial charge in [0.2, 0.25) is 10.0 Å². The summed E-state index contributed by atoms with van der Waals surface area (Å²) < 4.78 is 24.8. The van der Waals surface area contributed by atoms with E-state index in [1.807, 2.05) is 0 Å². The molecule has 9 heteroatoms. The average Bonchev–Trinajstić information content (AvgIpc) is 2.60. The smallest absolute Gasteiger partial charge is 0.313 e. The predicted molar refractivity (Wildman–Crippen MR) is 108 cm³/mol. The molecule has 1 fully saturated rings. The average molecular weight is 437 g/mol. The van der Waals surface area contributed by atoms with Crippen LogP contribution in [0.25, 0.3) is 0 Å². The van der Waals surface area contributed by atoms with Crippen molar-refractivity contribution in [2.45, 2.75) is 37.6 Å². The zero-order valence-corrected chi connectivity index (χ0v) is 18.1. The fraction of sp³-hybridized carbons (Fsp3) is 0.611. The SMILES string of the molecule is CN(C1CCN(CCC(C)(C(=O)O)c2ccc(Cl)c(Cl)c2)CC1)S(C)(=O)=O. The number of carbonyl (C=O) groups is 1. The van der Waals surface area contributed by atoms with Crippen molar-refractivity contribution >= 4 is 39.2 Å². The van der Waals surface area contributed by atoms with E-state index in [0.29, 0.717) is 28.6 Å². The molecule has 0 radical (unpaired) electrons. The molecular formula is C18H26Cl2N2O4S. The molecule has 1 unspecified atom stereocenters. The highest BCUT2D eigenvalue weighted by atomic mass is 35.5. The molecule has 1 saturated heterocycles. The number of halogens is 2. The molecule has 0 bridgehead atoms. The van der Waals surface area contributed by atoms with Crippen LogP contribution in [0.5, 0.6) is 0 Å². The minimum Gasteiger partial charge on any atom is -0.481 e. The molecule has 27 heavy (non-hydrogen) atoms. The van der Waals surface area contributed by atoms with Gasteiger partial charge in [-0.1, -0.05) is 29.3 Å². The maximum atomic E-state index is 12.0. The van der Waals surface area contributed by atoms with Crippen LogP contribution in [0.2, 0.25) is 10.0 Å². The Bertz CT molecular complexity index is 795. The van der Waals surface area contributed by atoms with Crippen LogP contribution in [0.15, 0.2) is 18.2 Å². The van der Waals surface area contributed by atoms with E-state index in [2.05, 4.69) is 4.90 Å². The lowest BCUT2D eigenvalue weighted by atomic mass is 9.79. The van der Waals surface area contributed by atoms with Gasteiger partial charge in [-0.2, -0.15) is 0 Å².